The van der Waals surface area contributed by atoms with Gasteiger partial charge in [0.2, 0.25) is 0 Å². The molecule has 0 heterocycles. The molecule has 0 aliphatic heterocycles. The van der Waals surface area contributed by atoms with Gasteiger partial charge < -0.3 is 4.74 Å². The van der Waals surface area contributed by atoms with Crippen molar-refractivity contribution in [3.05, 3.63) is 0 Å². The first-order chi connectivity index (χ1) is 11.2. The van der Waals surface area contributed by atoms with Crippen molar-refractivity contribution in [2.75, 3.05) is 0 Å². The minimum absolute atomic E-state index is 0.0332. The fourth-order valence-corrected chi connectivity index (χ4v) is 3.00. The minimum atomic E-state index is -0.0332. The van der Waals surface area contributed by atoms with Gasteiger partial charge in [0.1, 0.15) is 6.10 Å². The molecule has 0 N–H and O–H groups in total. The van der Waals surface area contributed by atoms with Crippen LogP contribution in [-0.2, 0) is 9.53 Å². The Labute approximate surface area is 145 Å². The van der Waals surface area contributed by atoms with Gasteiger partial charge in [0.15, 0.2) is 0 Å². The molecule has 0 rings (SSSR count). The molecule has 138 valence electrons. The molecule has 0 saturated heterocycles. The summed E-state index contributed by atoms with van der Waals surface area (Å²) < 4.78 is 5.55. The van der Waals surface area contributed by atoms with Crippen LogP contribution in [-0.4, -0.2) is 12.1 Å². The molecule has 0 aliphatic carbocycles. The Morgan fingerprint density at radius 3 is 1.57 bits per heavy atom. The standard InChI is InChI=1S/C21H42O2/c1-4-7-9-10-11-12-13-14-15-16-17-19-20(18-8-5-2)23-21(22)6-3/h20H,4-19H2,1-3H3. The summed E-state index contributed by atoms with van der Waals surface area (Å²) in [7, 11) is 0. The second-order valence-electron chi connectivity index (χ2n) is 6.93. The van der Waals surface area contributed by atoms with E-state index in [0.717, 1.165) is 12.8 Å². The Bertz CT molecular complexity index is 250. The molecule has 0 aromatic carbocycles. The van der Waals surface area contributed by atoms with Gasteiger partial charge in [0, 0.05) is 6.42 Å². The van der Waals surface area contributed by atoms with Gasteiger partial charge in [-0.05, 0) is 19.3 Å². The lowest BCUT2D eigenvalue weighted by Crippen LogP contribution is -2.17. The summed E-state index contributed by atoms with van der Waals surface area (Å²) in [5.74, 6) is -0.0332. The summed E-state index contributed by atoms with van der Waals surface area (Å²) in [5, 5.41) is 0. The van der Waals surface area contributed by atoms with Crippen LogP contribution in [0, 0.1) is 0 Å². The zero-order valence-electron chi connectivity index (χ0n) is 16.2. The maximum absolute atomic E-state index is 11.5. The number of hydrogen-bond donors (Lipinski definition) is 0. The number of unbranched alkanes of at least 4 members (excludes halogenated alkanes) is 11. The maximum atomic E-state index is 11.5. The van der Waals surface area contributed by atoms with E-state index in [1.54, 1.807) is 0 Å². The lowest BCUT2D eigenvalue weighted by molar-refractivity contribution is -0.149. The highest BCUT2D eigenvalue weighted by atomic mass is 16.5. The molecular formula is C21H42O2. The van der Waals surface area contributed by atoms with Crippen molar-refractivity contribution in [2.24, 2.45) is 0 Å². The van der Waals surface area contributed by atoms with Gasteiger partial charge in [-0.2, -0.15) is 0 Å². The van der Waals surface area contributed by atoms with Gasteiger partial charge in [0.05, 0.1) is 0 Å². The van der Waals surface area contributed by atoms with E-state index < -0.39 is 0 Å². The molecule has 0 saturated carbocycles. The SMILES string of the molecule is CCCCCCCCCCCCCC(CCCC)OC(=O)CC. The van der Waals surface area contributed by atoms with Crippen molar-refractivity contribution >= 4 is 5.97 Å². The van der Waals surface area contributed by atoms with E-state index >= 15 is 0 Å². The Hall–Kier alpha value is -0.530. The smallest absolute Gasteiger partial charge is 0.305 e. The molecule has 0 radical (unpaired) electrons. The highest BCUT2D eigenvalue weighted by Crippen LogP contribution is 2.16. The lowest BCUT2D eigenvalue weighted by Gasteiger charge is -2.17. The average Bonchev–Trinajstić information content (AvgIpc) is 2.57. The summed E-state index contributed by atoms with van der Waals surface area (Å²) in [6.07, 6.45) is 20.2. The number of esters is 1. The summed E-state index contributed by atoms with van der Waals surface area (Å²) >= 11 is 0. The van der Waals surface area contributed by atoms with Crippen LogP contribution in [0.25, 0.3) is 0 Å². The molecule has 0 spiro atoms. The Morgan fingerprint density at radius 1 is 0.652 bits per heavy atom. The quantitative estimate of drug-likeness (QED) is 0.209. The van der Waals surface area contributed by atoms with E-state index in [-0.39, 0.29) is 12.1 Å². The number of carbonyl (C=O) groups excluding carboxylic acids is 1. The summed E-state index contributed by atoms with van der Waals surface area (Å²) in [5.41, 5.74) is 0. The highest BCUT2D eigenvalue weighted by molar-refractivity contribution is 5.69. The largest absolute Gasteiger partial charge is 0.462 e. The minimum Gasteiger partial charge on any atom is -0.462 e. The summed E-state index contributed by atoms with van der Waals surface area (Å²) in [6.45, 7) is 6.35. The van der Waals surface area contributed by atoms with Crippen molar-refractivity contribution in [3.63, 3.8) is 0 Å². The number of carbonyl (C=O) groups is 1. The first-order valence-electron chi connectivity index (χ1n) is 10.4. The van der Waals surface area contributed by atoms with Gasteiger partial charge in [-0.15, -0.1) is 0 Å². The van der Waals surface area contributed by atoms with Crippen LogP contribution in [0.1, 0.15) is 124 Å². The second kappa shape index (κ2) is 17.8. The maximum Gasteiger partial charge on any atom is 0.305 e. The molecule has 0 bridgehead atoms. The van der Waals surface area contributed by atoms with E-state index in [2.05, 4.69) is 13.8 Å². The van der Waals surface area contributed by atoms with Crippen LogP contribution >= 0.6 is 0 Å². The van der Waals surface area contributed by atoms with Crippen LogP contribution in [0.5, 0.6) is 0 Å². The molecule has 2 heteroatoms. The van der Waals surface area contributed by atoms with Crippen molar-refractivity contribution in [1.29, 1.82) is 0 Å². The molecule has 2 nitrogen and oxygen atoms in total. The van der Waals surface area contributed by atoms with E-state index in [4.69, 9.17) is 4.74 Å². The third-order valence-corrected chi connectivity index (χ3v) is 4.60. The number of hydrogen-bond acceptors (Lipinski definition) is 2. The van der Waals surface area contributed by atoms with Gasteiger partial charge in [-0.1, -0.05) is 97.8 Å². The first-order valence-corrected chi connectivity index (χ1v) is 10.4. The van der Waals surface area contributed by atoms with Crippen molar-refractivity contribution < 1.29 is 9.53 Å². The van der Waals surface area contributed by atoms with E-state index in [0.29, 0.717) is 6.42 Å². The summed E-state index contributed by atoms with van der Waals surface area (Å²) in [6, 6.07) is 0. The van der Waals surface area contributed by atoms with E-state index in [1.807, 2.05) is 6.92 Å². The van der Waals surface area contributed by atoms with Gasteiger partial charge in [-0.25, -0.2) is 0 Å². The molecule has 1 atom stereocenters. The van der Waals surface area contributed by atoms with Crippen molar-refractivity contribution in [3.8, 4) is 0 Å². The summed E-state index contributed by atoms with van der Waals surface area (Å²) in [4.78, 5) is 11.5. The molecule has 0 fully saturated rings. The zero-order valence-corrected chi connectivity index (χ0v) is 16.2. The van der Waals surface area contributed by atoms with Gasteiger partial charge in [0.25, 0.3) is 0 Å². The molecule has 0 aromatic rings. The average molecular weight is 327 g/mol. The third-order valence-electron chi connectivity index (χ3n) is 4.60. The van der Waals surface area contributed by atoms with Crippen LogP contribution in [0.4, 0.5) is 0 Å². The normalized spacial score (nSPS) is 12.3. The predicted molar refractivity (Wildman–Crippen MR) is 101 cm³/mol. The van der Waals surface area contributed by atoms with E-state index in [1.165, 1.54) is 83.5 Å². The molecule has 23 heavy (non-hydrogen) atoms. The molecule has 1 unspecified atom stereocenters. The van der Waals surface area contributed by atoms with Crippen LogP contribution in [0.2, 0.25) is 0 Å². The van der Waals surface area contributed by atoms with Crippen molar-refractivity contribution in [2.45, 2.75) is 130 Å². The van der Waals surface area contributed by atoms with Gasteiger partial charge >= 0.3 is 5.97 Å². The topological polar surface area (TPSA) is 26.3 Å². The monoisotopic (exact) mass is 326 g/mol. The number of ether oxygens (including phenoxy) is 1. The molecule has 0 aromatic heterocycles. The fraction of sp³-hybridized carbons (Fsp3) is 0.952. The van der Waals surface area contributed by atoms with Crippen LogP contribution in [0.15, 0.2) is 0 Å². The molecule has 0 amide bonds. The Kier molecular flexibility index (Phi) is 17.4. The predicted octanol–water partition coefficient (Wildman–Crippen LogP) is 7.20. The van der Waals surface area contributed by atoms with Crippen LogP contribution in [0.3, 0.4) is 0 Å². The third kappa shape index (κ3) is 16.1. The second-order valence-corrected chi connectivity index (χ2v) is 6.93. The molecular weight excluding hydrogens is 284 g/mol. The van der Waals surface area contributed by atoms with Crippen LogP contribution < -0.4 is 0 Å². The Balaban J connectivity index is 3.48. The molecule has 0 aliphatic rings. The van der Waals surface area contributed by atoms with Gasteiger partial charge in [-0.3, -0.25) is 4.79 Å². The zero-order chi connectivity index (χ0) is 17.2. The van der Waals surface area contributed by atoms with E-state index in [9.17, 15) is 4.79 Å². The fourth-order valence-electron chi connectivity index (χ4n) is 3.00. The first kappa shape index (κ1) is 22.5. The highest BCUT2D eigenvalue weighted by Gasteiger charge is 2.12. The number of rotatable bonds is 17. The van der Waals surface area contributed by atoms with Crippen molar-refractivity contribution in [1.82, 2.24) is 0 Å². The lowest BCUT2D eigenvalue weighted by atomic mass is 10.0. The Morgan fingerprint density at radius 2 is 1.09 bits per heavy atom.